The molecule has 0 bridgehead atoms. The molecular weight excluding hydrogens is 454 g/mol. The summed E-state index contributed by atoms with van der Waals surface area (Å²) in [4.78, 5) is 33.4. The van der Waals surface area contributed by atoms with E-state index in [1.807, 2.05) is 49.1 Å². The Morgan fingerprint density at radius 3 is 2.72 bits per heavy atom. The van der Waals surface area contributed by atoms with Crippen molar-refractivity contribution < 1.29 is 14.3 Å². The quantitative estimate of drug-likeness (QED) is 0.199. The number of amides is 1. The molecule has 3 aliphatic rings. The molecule has 0 saturated carbocycles. The second-order valence-electron chi connectivity index (χ2n) is 8.97. The smallest absolute Gasteiger partial charge is 0.334 e. The molecule has 0 spiro atoms. The van der Waals surface area contributed by atoms with Crippen LogP contribution < -0.4 is 11.3 Å². The molecule has 8 nitrogen and oxygen atoms in total. The van der Waals surface area contributed by atoms with Gasteiger partial charge in [0.1, 0.15) is 12.9 Å². The van der Waals surface area contributed by atoms with Gasteiger partial charge in [0.25, 0.3) is 0 Å². The number of nitrogens with one attached hydrogen (secondary N) is 1. The van der Waals surface area contributed by atoms with Gasteiger partial charge in [-0.2, -0.15) is 0 Å². The SMILES string of the molecule is CC.CC1=C(CCN2CCCN(C(=O)Cc3ccc(N=CNN)cc3)CC2)C=CC2COC(=O)C2=C1. The number of nitrogens with two attached hydrogens (primary N) is 1. The summed E-state index contributed by atoms with van der Waals surface area (Å²) in [5, 5.41) is 0. The maximum Gasteiger partial charge on any atom is 0.334 e. The van der Waals surface area contributed by atoms with E-state index in [0.29, 0.717) is 13.0 Å². The highest BCUT2D eigenvalue weighted by Gasteiger charge is 2.29. The van der Waals surface area contributed by atoms with E-state index in [2.05, 4.69) is 34.4 Å². The summed E-state index contributed by atoms with van der Waals surface area (Å²) in [6.45, 7) is 10.8. The van der Waals surface area contributed by atoms with Crippen LogP contribution in [0.2, 0.25) is 0 Å². The number of fused-ring (bicyclic) bond motifs is 1. The lowest BCUT2D eigenvalue weighted by Crippen LogP contribution is -2.36. The number of esters is 1. The lowest BCUT2D eigenvalue weighted by Gasteiger charge is -2.22. The van der Waals surface area contributed by atoms with Gasteiger partial charge in [0.15, 0.2) is 0 Å². The summed E-state index contributed by atoms with van der Waals surface area (Å²) in [5.41, 5.74) is 7.31. The van der Waals surface area contributed by atoms with Crippen molar-refractivity contribution in [3.63, 3.8) is 0 Å². The Bertz CT molecular complexity index is 1030. The van der Waals surface area contributed by atoms with Crippen LogP contribution in [0.1, 0.15) is 39.2 Å². The molecule has 2 fully saturated rings. The van der Waals surface area contributed by atoms with Crippen LogP contribution in [-0.2, 0) is 20.7 Å². The highest BCUT2D eigenvalue weighted by molar-refractivity contribution is 5.92. The first-order chi connectivity index (χ1) is 17.5. The average molecular weight is 494 g/mol. The Morgan fingerprint density at radius 2 is 1.97 bits per heavy atom. The van der Waals surface area contributed by atoms with E-state index in [9.17, 15) is 9.59 Å². The fourth-order valence-electron chi connectivity index (χ4n) is 4.61. The normalized spacial score (nSPS) is 20.2. The first-order valence-corrected chi connectivity index (χ1v) is 12.9. The first kappa shape index (κ1) is 27.4. The summed E-state index contributed by atoms with van der Waals surface area (Å²) < 4.78 is 5.16. The zero-order chi connectivity index (χ0) is 25.9. The van der Waals surface area contributed by atoms with E-state index in [0.717, 1.165) is 68.0 Å². The van der Waals surface area contributed by atoms with Crippen molar-refractivity contribution in [1.29, 1.82) is 0 Å². The number of hydrogen-bond acceptors (Lipinski definition) is 6. The zero-order valence-corrected chi connectivity index (χ0v) is 21.7. The minimum absolute atomic E-state index is 0.0737. The van der Waals surface area contributed by atoms with E-state index in [1.54, 1.807) is 0 Å². The third-order valence-corrected chi connectivity index (χ3v) is 6.66. The molecule has 2 saturated heterocycles. The maximum atomic E-state index is 12.9. The molecule has 3 N–H and O–H groups in total. The number of hydrogen-bond donors (Lipinski definition) is 2. The highest BCUT2D eigenvalue weighted by atomic mass is 16.5. The number of rotatable bonds is 7. The summed E-state index contributed by atoms with van der Waals surface area (Å²) in [5.74, 6) is 5.24. The minimum Gasteiger partial charge on any atom is -0.461 e. The van der Waals surface area contributed by atoms with E-state index in [-0.39, 0.29) is 17.8 Å². The molecule has 1 aromatic carbocycles. The molecule has 194 valence electrons. The van der Waals surface area contributed by atoms with Gasteiger partial charge in [0.05, 0.1) is 12.1 Å². The van der Waals surface area contributed by atoms with Crippen molar-refractivity contribution in [2.75, 3.05) is 39.3 Å². The zero-order valence-electron chi connectivity index (χ0n) is 21.7. The molecule has 36 heavy (non-hydrogen) atoms. The number of cyclic esters (lactones) is 1. The Hall–Kier alpha value is -3.23. The van der Waals surface area contributed by atoms with Crippen LogP contribution in [0.15, 0.2) is 64.2 Å². The molecule has 8 heteroatoms. The van der Waals surface area contributed by atoms with Crippen LogP contribution in [0, 0.1) is 5.92 Å². The molecule has 1 aliphatic carbocycles. The van der Waals surface area contributed by atoms with Gasteiger partial charge in [-0.3, -0.25) is 4.79 Å². The van der Waals surface area contributed by atoms with E-state index < -0.39 is 0 Å². The molecule has 1 amide bonds. The molecule has 1 aromatic rings. The minimum atomic E-state index is -0.194. The van der Waals surface area contributed by atoms with Gasteiger partial charge in [0.2, 0.25) is 5.91 Å². The molecular formula is C28H39N5O3. The predicted molar refractivity (Wildman–Crippen MR) is 144 cm³/mol. The van der Waals surface area contributed by atoms with Gasteiger partial charge in [-0.25, -0.2) is 15.6 Å². The van der Waals surface area contributed by atoms with Gasteiger partial charge in [-0.1, -0.05) is 38.1 Å². The number of aliphatic imine (C=N–C) groups is 1. The monoisotopic (exact) mass is 493 g/mol. The van der Waals surface area contributed by atoms with Crippen LogP contribution in [0.25, 0.3) is 0 Å². The van der Waals surface area contributed by atoms with Crippen LogP contribution in [0.5, 0.6) is 0 Å². The van der Waals surface area contributed by atoms with Crippen molar-refractivity contribution in [2.45, 2.75) is 40.0 Å². The number of allylic oxidation sites excluding steroid dienone is 3. The van der Waals surface area contributed by atoms with Crippen LogP contribution in [0.4, 0.5) is 5.69 Å². The van der Waals surface area contributed by atoms with E-state index >= 15 is 0 Å². The maximum absolute atomic E-state index is 12.9. The van der Waals surface area contributed by atoms with Gasteiger partial charge in [-0.05, 0) is 61.2 Å². The van der Waals surface area contributed by atoms with Crippen molar-refractivity contribution in [1.82, 2.24) is 15.2 Å². The Kier molecular flexibility index (Phi) is 10.5. The van der Waals surface area contributed by atoms with Crippen LogP contribution in [-0.4, -0.2) is 67.3 Å². The molecule has 2 heterocycles. The second kappa shape index (κ2) is 13.8. The number of ether oxygens (including phenoxy) is 1. The molecule has 1 atom stereocenters. The Balaban J connectivity index is 0.00000176. The predicted octanol–water partition coefficient (Wildman–Crippen LogP) is 3.29. The summed E-state index contributed by atoms with van der Waals surface area (Å²) >= 11 is 0. The first-order valence-electron chi connectivity index (χ1n) is 12.9. The average Bonchev–Trinajstić information content (AvgIpc) is 3.06. The number of hydrazine groups is 1. The van der Waals surface area contributed by atoms with Gasteiger partial charge < -0.3 is 20.0 Å². The fourth-order valence-corrected chi connectivity index (χ4v) is 4.61. The van der Waals surface area contributed by atoms with Crippen molar-refractivity contribution >= 4 is 23.9 Å². The van der Waals surface area contributed by atoms with Crippen molar-refractivity contribution in [3.05, 3.63) is 64.8 Å². The highest BCUT2D eigenvalue weighted by Crippen LogP contribution is 2.29. The lowest BCUT2D eigenvalue weighted by atomic mass is 10.0. The second-order valence-corrected chi connectivity index (χ2v) is 8.97. The van der Waals surface area contributed by atoms with Gasteiger partial charge in [-0.15, -0.1) is 0 Å². The van der Waals surface area contributed by atoms with Crippen LogP contribution in [0.3, 0.4) is 0 Å². The molecule has 4 rings (SSSR count). The lowest BCUT2D eigenvalue weighted by molar-refractivity contribution is -0.135. The van der Waals surface area contributed by atoms with E-state index in [4.69, 9.17) is 10.6 Å². The molecule has 0 aromatic heterocycles. The summed E-state index contributed by atoms with van der Waals surface area (Å²) in [6.07, 6.45) is 9.96. The summed E-state index contributed by atoms with van der Waals surface area (Å²) in [7, 11) is 0. The third-order valence-electron chi connectivity index (χ3n) is 6.66. The van der Waals surface area contributed by atoms with Gasteiger partial charge in [0, 0.05) is 37.7 Å². The number of nitrogens with zero attached hydrogens (tertiary/aromatic N) is 3. The van der Waals surface area contributed by atoms with Crippen molar-refractivity contribution in [2.24, 2.45) is 16.8 Å². The topological polar surface area (TPSA) is 100 Å². The number of carbonyl (C=O) groups excluding carboxylic acids is 2. The Morgan fingerprint density at radius 1 is 1.19 bits per heavy atom. The van der Waals surface area contributed by atoms with E-state index in [1.165, 1.54) is 11.9 Å². The molecule has 2 aliphatic heterocycles. The summed E-state index contributed by atoms with van der Waals surface area (Å²) in [6, 6.07) is 7.63. The molecule has 0 radical (unpaired) electrons. The van der Waals surface area contributed by atoms with Crippen LogP contribution >= 0.6 is 0 Å². The Labute approximate surface area is 214 Å². The molecule has 1 unspecified atom stereocenters. The van der Waals surface area contributed by atoms with Gasteiger partial charge >= 0.3 is 5.97 Å². The number of carbonyl (C=O) groups is 2. The number of benzene rings is 1. The third kappa shape index (κ3) is 7.38. The van der Waals surface area contributed by atoms with Crippen molar-refractivity contribution in [3.8, 4) is 0 Å². The largest absolute Gasteiger partial charge is 0.461 e. The fraction of sp³-hybridized carbons (Fsp3) is 0.464. The standard InChI is InChI=1S/C26H33N5O3.C2H6/c1-19-15-24-22(17-34-26(24)33)6-5-21(19)9-12-30-10-2-11-31(14-13-30)25(32)16-20-3-7-23(8-4-20)28-18-29-27;1-2/h3-8,15,18,22H,2,9-14,16-17,27H2,1H3,(H,28,29);1-2H3.